The number of carbonyl (C=O) groups is 2. The van der Waals surface area contributed by atoms with Gasteiger partial charge in [-0.2, -0.15) is 0 Å². The van der Waals surface area contributed by atoms with Crippen LogP contribution in [0.4, 0.5) is 5.69 Å². The van der Waals surface area contributed by atoms with Crippen molar-refractivity contribution in [2.24, 2.45) is 0 Å². The van der Waals surface area contributed by atoms with Gasteiger partial charge in [0.1, 0.15) is 9.71 Å². The van der Waals surface area contributed by atoms with Crippen molar-refractivity contribution in [3.8, 4) is 0 Å². The molecule has 0 atom stereocenters. The second kappa shape index (κ2) is 7.41. The molecule has 0 saturated heterocycles. The lowest BCUT2D eigenvalue weighted by atomic mass is 10.1. The molecule has 4 N–H and O–H groups in total. The lowest BCUT2D eigenvalue weighted by molar-refractivity contribution is -0.121. The minimum absolute atomic E-state index is 0.198. The maximum absolute atomic E-state index is 12.2. The molecule has 7 heteroatoms. The van der Waals surface area contributed by atoms with Gasteiger partial charge in [-0.3, -0.25) is 20.4 Å². The first-order valence-corrected chi connectivity index (χ1v) is 8.51. The van der Waals surface area contributed by atoms with Crippen molar-refractivity contribution in [2.75, 3.05) is 5.73 Å². The molecule has 124 valence electrons. The number of hydrogen-bond donors (Lipinski definition) is 3. The van der Waals surface area contributed by atoms with Crippen LogP contribution >= 0.6 is 11.3 Å². The zero-order chi connectivity index (χ0) is 17.0. The SMILES string of the molecule is CCCCCC(=O)NNC(=O)c1sc2nc(C)cc(C)c2c1N. The van der Waals surface area contributed by atoms with Gasteiger partial charge in [-0.15, -0.1) is 11.3 Å². The van der Waals surface area contributed by atoms with E-state index >= 15 is 0 Å². The number of nitrogens with zero attached hydrogens (tertiary/aromatic N) is 1. The number of pyridine rings is 1. The van der Waals surface area contributed by atoms with Crippen molar-refractivity contribution in [3.63, 3.8) is 0 Å². The van der Waals surface area contributed by atoms with Crippen LogP contribution in [0.5, 0.6) is 0 Å². The molecule has 0 aliphatic heterocycles. The number of nitrogen functional groups attached to an aromatic ring is 1. The average Bonchev–Trinajstić information content (AvgIpc) is 2.82. The summed E-state index contributed by atoms with van der Waals surface area (Å²) in [6, 6.07) is 1.93. The first-order chi connectivity index (χ1) is 10.9. The number of aromatic nitrogens is 1. The fourth-order valence-corrected chi connectivity index (χ4v) is 3.53. The van der Waals surface area contributed by atoms with E-state index in [0.29, 0.717) is 17.0 Å². The lowest BCUT2D eigenvalue weighted by Gasteiger charge is -2.06. The maximum Gasteiger partial charge on any atom is 0.281 e. The van der Waals surface area contributed by atoms with Gasteiger partial charge in [-0.25, -0.2) is 4.98 Å². The summed E-state index contributed by atoms with van der Waals surface area (Å²) in [7, 11) is 0. The van der Waals surface area contributed by atoms with Crippen LogP contribution in [0.2, 0.25) is 0 Å². The van der Waals surface area contributed by atoms with Crippen molar-refractivity contribution in [1.82, 2.24) is 15.8 Å². The molecule has 2 aromatic rings. The van der Waals surface area contributed by atoms with Crippen LogP contribution in [0, 0.1) is 13.8 Å². The summed E-state index contributed by atoms with van der Waals surface area (Å²) in [6.45, 7) is 5.91. The predicted octanol–water partition coefficient (Wildman–Crippen LogP) is 2.84. The van der Waals surface area contributed by atoms with E-state index in [9.17, 15) is 9.59 Å². The van der Waals surface area contributed by atoms with Crippen LogP contribution in [0.3, 0.4) is 0 Å². The highest BCUT2D eigenvalue weighted by molar-refractivity contribution is 7.21. The van der Waals surface area contributed by atoms with Crippen molar-refractivity contribution < 1.29 is 9.59 Å². The van der Waals surface area contributed by atoms with Gasteiger partial charge in [0.15, 0.2) is 0 Å². The number of fused-ring (bicyclic) bond motifs is 1. The molecule has 23 heavy (non-hydrogen) atoms. The van der Waals surface area contributed by atoms with E-state index in [-0.39, 0.29) is 5.91 Å². The van der Waals surface area contributed by atoms with Crippen LogP contribution in [0.15, 0.2) is 6.07 Å². The number of amides is 2. The number of rotatable bonds is 5. The normalized spacial score (nSPS) is 10.7. The van der Waals surface area contributed by atoms with Crippen LogP contribution < -0.4 is 16.6 Å². The minimum atomic E-state index is -0.411. The Morgan fingerprint density at radius 3 is 2.70 bits per heavy atom. The Kier molecular flexibility index (Phi) is 5.54. The van der Waals surface area contributed by atoms with Crippen molar-refractivity contribution in [2.45, 2.75) is 46.5 Å². The Hall–Kier alpha value is -2.15. The van der Waals surface area contributed by atoms with Crippen LogP contribution in [-0.2, 0) is 4.79 Å². The summed E-state index contributed by atoms with van der Waals surface area (Å²) in [4.78, 5) is 29.4. The molecule has 2 heterocycles. The third kappa shape index (κ3) is 3.98. The quantitative estimate of drug-likeness (QED) is 0.578. The molecule has 0 radical (unpaired) electrons. The van der Waals surface area contributed by atoms with E-state index in [2.05, 4.69) is 22.8 Å². The van der Waals surface area contributed by atoms with Gasteiger partial charge in [0.25, 0.3) is 5.91 Å². The van der Waals surface area contributed by atoms with E-state index in [0.717, 1.165) is 40.7 Å². The van der Waals surface area contributed by atoms with Gasteiger partial charge in [-0.05, 0) is 31.9 Å². The lowest BCUT2D eigenvalue weighted by Crippen LogP contribution is -2.41. The number of aryl methyl sites for hydroxylation is 2. The summed E-state index contributed by atoms with van der Waals surface area (Å²) in [5.74, 6) is -0.608. The first-order valence-electron chi connectivity index (χ1n) is 7.69. The third-order valence-corrected chi connectivity index (χ3v) is 4.65. The molecular formula is C16H22N4O2S. The summed E-state index contributed by atoms with van der Waals surface area (Å²) in [5.41, 5.74) is 13.2. The maximum atomic E-state index is 12.2. The standard InChI is InChI=1S/C16H22N4O2S/c1-4-5-6-7-11(21)19-20-15(22)14-13(17)12-9(2)8-10(3)18-16(12)23-14/h8H,4-7,17H2,1-3H3,(H,19,21)(H,20,22). The van der Waals surface area contributed by atoms with E-state index in [4.69, 9.17) is 5.73 Å². The van der Waals surface area contributed by atoms with E-state index in [1.807, 2.05) is 19.9 Å². The molecule has 0 unspecified atom stereocenters. The Labute approximate surface area is 139 Å². The minimum Gasteiger partial charge on any atom is -0.397 e. The fraction of sp³-hybridized carbons (Fsp3) is 0.438. The molecule has 0 aliphatic carbocycles. The second-order valence-electron chi connectivity index (χ2n) is 5.56. The highest BCUT2D eigenvalue weighted by Gasteiger charge is 2.19. The van der Waals surface area contributed by atoms with Crippen LogP contribution in [-0.4, -0.2) is 16.8 Å². The van der Waals surface area contributed by atoms with Gasteiger partial charge in [-0.1, -0.05) is 19.8 Å². The van der Waals surface area contributed by atoms with E-state index in [1.54, 1.807) is 0 Å². The monoisotopic (exact) mass is 334 g/mol. The number of thiophene rings is 1. The Morgan fingerprint density at radius 2 is 2.00 bits per heavy atom. The number of hydrogen-bond acceptors (Lipinski definition) is 5. The van der Waals surface area contributed by atoms with Gasteiger partial charge in [0, 0.05) is 17.5 Å². The van der Waals surface area contributed by atoms with Gasteiger partial charge >= 0.3 is 0 Å². The number of carbonyl (C=O) groups excluding carboxylic acids is 2. The highest BCUT2D eigenvalue weighted by Crippen LogP contribution is 2.34. The molecule has 2 rings (SSSR count). The van der Waals surface area contributed by atoms with Gasteiger partial charge in [0.05, 0.1) is 5.69 Å². The van der Waals surface area contributed by atoms with Crippen molar-refractivity contribution >= 4 is 39.1 Å². The number of unbranched alkanes of at least 4 members (excludes halogenated alkanes) is 2. The third-order valence-electron chi connectivity index (χ3n) is 3.55. The molecule has 2 amide bonds. The van der Waals surface area contributed by atoms with E-state index in [1.165, 1.54) is 11.3 Å². The number of anilines is 1. The number of nitrogens with two attached hydrogens (primary N) is 1. The molecule has 0 aromatic carbocycles. The second-order valence-corrected chi connectivity index (χ2v) is 6.56. The smallest absolute Gasteiger partial charge is 0.281 e. The molecule has 6 nitrogen and oxygen atoms in total. The van der Waals surface area contributed by atoms with Gasteiger partial charge in [0.2, 0.25) is 5.91 Å². The van der Waals surface area contributed by atoms with Crippen molar-refractivity contribution in [1.29, 1.82) is 0 Å². The molecule has 0 saturated carbocycles. The Balaban J connectivity index is 2.08. The van der Waals surface area contributed by atoms with Crippen molar-refractivity contribution in [3.05, 3.63) is 22.2 Å². The number of hydrazine groups is 1. The van der Waals surface area contributed by atoms with Crippen LogP contribution in [0.25, 0.3) is 10.2 Å². The molecule has 0 fully saturated rings. The largest absolute Gasteiger partial charge is 0.397 e. The molecule has 2 aromatic heterocycles. The zero-order valence-electron chi connectivity index (χ0n) is 13.7. The van der Waals surface area contributed by atoms with Crippen LogP contribution in [0.1, 0.15) is 53.5 Å². The van der Waals surface area contributed by atoms with Gasteiger partial charge < -0.3 is 5.73 Å². The van der Waals surface area contributed by atoms with E-state index < -0.39 is 5.91 Å². The topological polar surface area (TPSA) is 97.1 Å². The zero-order valence-corrected chi connectivity index (χ0v) is 14.5. The average molecular weight is 334 g/mol. The first kappa shape index (κ1) is 17.2. The summed E-state index contributed by atoms with van der Waals surface area (Å²) >= 11 is 1.23. The molecule has 0 bridgehead atoms. The Morgan fingerprint density at radius 1 is 1.26 bits per heavy atom. The molecular weight excluding hydrogens is 312 g/mol. The molecule has 0 spiro atoms. The summed E-state index contributed by atoms with van der Waals surface area (Å²) in [6.07, 6.45) is 3.25. The molecule has 0 aliphatic rings. The summed E-state index contributed by atoms with van der Waals surface area (Å²) in [5, 5.41) is 0.806. The Bertz CT molecular complexity index is 739. The fourth-order valence-electron chi connectivity index (χ4n) is 2.42. The predicted molar refractivity (Wildman–Crippen MR) is 93.3 cm³/mol. The number of nitrogens with one attached hydrogen (secondary N) is 2. The summed E-state index contributed by atoms with van der Waals surface area (Å²) < 4.78 is 0. The highest BCUT2D eigenvalue weighted by atomic mass is 32.1.